The Balaban J connectivity index is 2.28. The lowest BCUT2D eigenvalue weighted by Gasteiger charge is -2.11. The molecule has 0 aliphatic carbocycles. The Labute approximate surface area is 126 Å². The zero-order valence-electron chi connectivity index (χ0n) is 12.5. The maximum Gasteiger partial charge on any atom is 0.261 e. The summed E-state index contributed by atoms with van der Waals surface area (Å²) in [6.45, 7) is 4.56. The van der Waals surface area contributed by atoms with Gasteiger partial charge in [0.25, 0.3) is 10.0 Å². The Morgan fingerprint density at radius 3 is 2.43 bits per heavy atom. The number of anilines is 1. The molecule has 112 valence electrons. The van der Waals surface area contributed by atoms with Crippen LogP contribution in [0.1, 0.15) is 16.7 Å². The van der Waals surface area contributed by atoms with Crippen molar-refractivity contribution in [2.24, 2.45) is 0 Å². The molecule has 0 heterocycles. The van der Waals surface area contributed by atoms with Crippen LogP contribution in [0.15, 0.2) is 47.4 Å². The van der Waals surface area contributed by atoms with Crippen molar-refractivity contribution in [3.8, 4) is 0 Å². The van der Waals surface area contributed by atoms with E-state index in [1.54, 1.807) is 18.2 Å². The minimum absolute atomic E-state index is 0.282. The van der Waals surface area contributed by atoms with Crippen LogP contribution in [0.2, 0.25) is 0 Å². The molecule has 0 saturated carbocycles. The van der Waals surface area contributed by atoms with E-state index in [4.69, 9.17) is 0 Å². The predicted molar refractivity (Wildman–Crippen MR) is 85.9 cm³/mol. The molecule has 0 spiro atoms. The topological polar surface area (TPSA) is 58.2 Å². The third kappa shape index (κ3) is 3.83. The van der Waals surface area contributed by atoms with Crippen molar-refractivity contribution in [3.63, 3.8) is 0 Å². The predicted octanol–water partition coefficient (Wildman–Crippen LogP) is 2.82. The van der Waals surface area contributed by atoms with Gasteiger partial charge in [0.05, 0.1) is 4.90 Å². The van der Waals surface area contributed by atoms with E-state index in [1.807, 2.05) is 45.2 Å². The summed E-state index contributed by atoms with van der Waals surface area (Å²) < 4.78 is 27.4. The molecule has 0 fully saturated rings. The number of benzene rings is 2. The van der Waals surface area contributed by atoms with Crippen molar-refractivity contribution in [1.29, 1.82) is 0 Å². The van der Waals surface area contributed by atoms with Gasteiger partial charge in [0, 0.05) is 12.2 Å². The molecule has 0 saturated heterocycles. The molecule has 21 heavy (non-hydrogen) atoms. The van der Waals surface area contributed by atoms with Crippen LogP contribution in [0.25, 0.3) is 0 Å². The van der Waals surface area contributed by atoms with Crippen LogP contribution < -0.4 is 10.0 Å². The fraction of sp³-hybridized carbons (Fsp3) is 0.250. The van der Waals surface area contributed by atoms with Crippen molar-refractivity contribution in [3.05, 3.63) is 59.2 Å². The molecule has 0 amide bonds. The van der Waals surface area contributed by atoms with Crippen molar-refractivity contribution >= 4 is 15.7 Å². The first-order valence-electron chi connectivity index (χ1n) is 6.76. The third-order valence-corrected chi connectivity index (χ3v) is 4.73. The van der Waals surface area contributed by atoms with E-state index in [9.17, 15) is 8.42 Å². The first-order chi connectivity index (χ1) is 9.92. The molecule has 0 aliphatic rings. The smallest absolute Gasteiger partial charge is 0.261 e. The average molecular weight is 304 g/mol. The van der Waals surface area contributed by atoms with Gasteiger partial charge in [-0.3, -0.25) is 4.72 Å². The summed E-state index contributed by atoms with van der Waals surface area (Å²) in [4.78, 5) is 0.282. The van der Waals surface area contributed by atoms with Gasteiger partial charge in [0.15, 0.2) is 0 Å². The van der Waals surface area contributed by atoms with Crippen molar-refractivity contribution in [1.82, 2.24) is 5.32 Å². The van der Waals surface area contributed by atoms with E-state index in [1.165, 1.54) is 0 Å². The van der Waals surface area contributed by atoms with Gasteiger partial charge in [-0.1, -0.05) is 18.2 Å². The number of hydrogen-bond acceptors (Lipinski definition) is 3. The monoisotopic (exact) mass is 304 g/mol. The van der Waals surface area contributed by atoms with Crippen LogP contribution >= 0.6 is 0 Å². The van der Waals surface area contributed by atoms with E-state index in [-0.39, 0.29) is 4.90 Å². The number of sulfonamides is 1. The van der Waals surface area contributed by atoms with Crippen molar-refractivity contribution in [2.45, 2.75) is 25.3 Å². The van der Waals surface area contributed by atoms with Gasteiger partial charge >= 0.3 is 0 Å². The fourth-order valence-electron chi connectivity index (χ4n) is 2.04. The largest absolute Gasteiger partial charge is 0.316 e. The lowest BCUT2D eigenvalue weighted by Crippen LogP contribution is -2.14. The highest BCUT2D eigenvalue weighted by Crippen LogP contribution is 2.19. The zero-order valence-corrected chi connectivity index (χ0v) is 13.3. The van der Waals surface area contributed by atoms with E-state index in [0.29, 0.717) is 12.2 Å². The Kier molecular flexibility index (Phi) is 4.65. The molecule has 2 rings (SSSR count). The maximum atomic E-state index is 12.4. The van der Waals surface area contributed by atoms with Gasteiger partial charge in [-0.05, 0) is 61.9 Å². The van der Waals surface area contributed by atoms with Crippen molar-refractivity contribution < 1.29 is 8.42 Å². The van der Waals surface area contributed by atoms with Gasteiger partial charge in [0.1, 0.15) is 0 Å². The zero-order chi connectivity index (χ0) is 15.5. The average Bonchev–Trinajstić information content (AvgIpc) is 2.42. The molecule has 0 radical (unpaired) electrons. The van der Waals surface area contributed by atoms with Crippen LogP contribution in [0, 0.1) is 13.8 Å². The second kappa shape index (κ2) is 6.28. The molecule has 0 bridgehead atoms. The summed E-state index contributed by atoms with van der Waals surface area (Å²) >= 11 is 0. The molecule has 0 aromatic heterocycles. The summed E-state index contributed by atoms with van der Waals surface area (Å²) in [5, 5.41) is 3.04. The van der Waals surface area contributed by atoms with E-state index in [2.05, 4.69) is 10.0 Å². The maximum absolute atomic E-state index is 12.4. The third-order valence-electron chi connectivity index (χ3n) is 3.35. The number of nitrogens with one attached hydrogen (secondary N) is 2. The molecule has 2 aromatic carbocycles. The summed E-state index contributed by atoms with van der Waals surface area (Å²) in [6, 6.07) is 12.5. The van der Waals surface area contributed by atoms with Crippen molar-refractivity contribution in [2.75, 3.05) is 11.8 Å². The van der Waals surface area contributed by atoms with Crippen LogP contribution in [0.5, 0.6) is 0 Å². The van der Waals surface area contributed by atoms with Crippen LogP contribution in [-0.4, -0.2) is 15.5 Å². The van der Waals surface area contributed by atoms with E-state index < -0.39 is 10.0 Å². The summed E-state index contributed by atoms with van der Waals surface area (Å²) in [6.07, 6.45) is 0. The molecule has 0 atom stereocenters. The van der Waals surface area contributed by atoms with E-state index in [0.717, 1.165) is 16.7 Å². The summed E-state index contributed by atoms with van der Waals surface area (Å²) in [5.41, 5.74) is 3.63. The minimum atomic E-state index is -3.55. The van der Waals surface area contributed by atoms with E-state index >= 15 is 0 Å². The quantitative estimate of drug-likeness (QED) is 0.893. The van der Waals surface area contributed by atoms with Gasteiger partial charge in [-0.25, -0.2) is 8.42 Å². The van der Waals surface area contributed by atoms with Crippen LogP contribution in [-0.2, 0) is 16.6 Å². The highest BCUT2D eigenvalue weighted by molar-refractivity contribution is 7.92. The Hall–Kier alpha value is -1.85. The standard InChI is InChI=1S/C16H20N2O2S/c1-12-7-8-16(9-13(12)2)21(19,20)18-15-6-4-5-14(10-15)11-17-3/h4-10,17-18H,11H2,1-3H3. The van der Waals surface area contributed by atoms with Gasteiger partial charge in [-0.2, -0.15) is 0 Å². The Morgan fingerprint density at radius 1 is 1.00 bits per heavy atom. The lowest BCUT2D eigenvalue weighted by molar-refractivity contribution is 0.601. The van der Waals surface area contributed by atoms with Crippen LogP contribution in [0.3, 0.4) is 0 Å². The number of aryl methyl sites for hydroxylation is 2. The molecular weight excluding hydrogens is 284 g/mol. The second-order valence-corrected chi connectivity index (χ2v) is 6.76. The minimum Gasteiger partial charge on any atom is -0.316 e. The normalized spacial score (nSPS) is 11.4. The molecule has 0 aliphatic heterocycles. The molecule has 0 unspecified atom stereocenters. The summed E-state index contributed by atoms with van der Waals surface area (Å²) in [7, 11) is -1.70. The van der Waals surface area contributed by atoms with Crippen LogP contribution in [0.4, 0.5) is 5.69 Å². The molecule has 5 heteroatoms. The molecule has 2 N–H and O–H groups in total. The first-order valence-corrected chi connectivity index (χ1v) is 8.24. The summed E-state index contributed by atoms with van der Waals surface area (Å²) in [5.74, 6) is 0. The SMILES string of the molecule is CNCc1cccc(NS(=O)(=O)c2ccc(C)c(C)c2)c1. The molecular formula is C16H20N2O2S. The Morgan fingerprint density at radius 2 is 1.76 bits per heavy atom. The molecule has 2 aromatic rings. The van der Waals surface area contributed by atoms with Gasteiger partial charge in [0.2, 0.25) is 0 Å². The highest BCUT2D eigenvalue weighted by atomic mass is 32.2. The number of rotatable bonds is 5. The highest BCUT2D eigenvalue weighted by Gasteiger charge is 2.14. The lowest BCUT2D eigenvalue weighted by atomic mass is 10.1. The van der Waals surface area contributed by atoms with Gasteiger partial charge < -0.3 is 5.32 Å². The first kappa shape index (κ1) is 15.5. The second-order valence-electron chi connectivity index (χ2n) is 5.08. The van der Waals surface area contributed by atoms with Gasteiger partial charge in [-0.15, -0.1) is 0 Å². The fourth-order valence-corrected chi connectivity index (χ4v) is 3.18. The number of hydrogen-bond donors (Lipinski definition) is 2. The Bertz CT molecular complexity index is 740. The molecule has 4 nitrogen and oxygen atoms in total.